The first kappa shape index (κ1) is 15.0. The van der Waals surface area contributed by atoms with E-state index in [1.807, 2.05) is 18.2 Å². The molecule has 114 valence electrons. The molecule has 2 nitrogen and oxygen atoms in total. The molecule has 2 heteroatoms. The molecule has 0 spiro atoms. The Hall–Kier alpha value is -1.90. The maximum atomic E-state index is 5.95. The zero-order valence-corrected chi connectivity index (χ0v) is 13.4. The molecule has 0 unspecified atom stereocenters. The van der Waals surface area contributed by atoms with Gasteiger partial charge in [0.15, 0.2) is 0 Å². The van der Waals surface area contributed by atoms with E-state index in [1.54, 1.807) is 14.2 Å². The van der Waals surface area contributed by atoms with E-state index < -0.39 is 5.79 Å². The van der Waals surface area contributed by atoms with Crippen molar-refractivity contribution in [1.82, 2.24) is 0 Å². The number of hydrogen-bond acceptors (Lipinski definition) is 2. The van der Waals surface area contributed by atoms with Crippen LogP contribution in [0.3, 0.4) is 0 Å². The number of aryl methyl sites for hydroxylation is 1. The fourth-order valence-corrected chi connectivity index (χ4v) is 3.37. The SMILES string of the molecule is COC(OC)(c1ccccc1)c1c(C)ccc2c1=CCCC=2. The lowest BCUT2D eigenvalue weighted by molar-refractivity contribution is -0.184. The quantitative estimate of drug-likeness (QED) is 0.807. The number of benzene rings is 2. The molecule has 0 heterocycles. The molecule has 2 aromatic carbocycles. The lowest BCUT2D eigenvalue weighted by atomic mass is 9.89. The van der Waals surface area contributed by atoms with Gasteiger partial charge in [0.1, 0.15) is 0 Å². The van der Waals surface area contributed by atoms with Crippen LogP contribution in [-0.4, -0.2) is 14.2 Å². The van der Waals surface area contributed by atoms with Crippen molar-refractivity contribution < 1.29 is 9.47 Å². The van der Waals surface area contributed by atoms with Gasteiger partial charge in [-0.1, -0.05) is 54.6 Å². The van der Waals surface area contributed by atoms with E-state index in [0.717, 1.165) is 24.0 Å². The largest absolute Gasteiger partial charge is 0.346 e. The van der Waals surface area contributed by atoms with E-state index in [9.17, 15) is 0 Å². The van der Waals surface area contributed by atoms with Crippen molar-refractivity contribution in [1.29, 1.82) is 0 Å². The smallest absolute Gasteiger partial charge is 0.222 e. The van der Waals surface area contributed by atoms with Crippen molar-refractivity contribution in [3.63, 3.8) is 0 Å². The predicted octanol–water partition coefficient (Wildman–Crippen LogP) is 2.84. The molecule has 2 aromatic rings. The monoisotopic (exact) mass is 294 g/mol. The Morgan fingerprint density at radius 2 is 1.55 bits per heavy atom. The van der Waals surface area contributed by atoms with Crippen LogP contribution in [-0.2, 0) is 15.3 Å². The number of hydrogen-bond donors (Lipinski definition) is 0. The highest BCUT2D eigenvalue weighted by Crippen LogP contribution is 2.33. The summed E-state index contributed by atoms with van der Waals surface area (Å²) in [5.74, 6) is -0.877. The Bertz CT molecular complexity index is 771. The molecule has 1 aliphatic carbocycles. The van der Waals surface area contributed by atoms with Crippen molar-refractivity contribution in [2.24, 2.45) is 0 Å². The van der Waals surface area contributed by atoms with Crippen LogP contribution in [0.1, 0.15) is 29.5 Å². The van der Waals surface area contributed by atoms with Crippen LogP contribution in [0.15, 0.2) is 42.5 Å². The molecule has 1 aliphatic rings. The topological polar surface area (TPSA) is 18.5 Å². The summed E-state index contributed by atoms with van der Waals surface area (Å²) in [4.78, 5) is 0. The van der Waals surface area contributed by atoms with Gasteiger partial charge >= 0.3 is 0 Å². The zero-order chi connectivity index (χ0) is 15.6. The van der Waals surface area contributed by atoms with E-state index in [0.29, 0.717) is 0 Å². The van der Waals surface area contributed by atoms with Crippen LogP contribution in [0.2, 0.25) is 0 Å². The standard InChI is InChI=1S/C20H22O2/c1-15-13-14-16-9-7-8-12-18(16)19(15)20(21-2,22-3)17-10-5-4-6-11-17/h4-6,9-14H,7-8H2,1-3H3. The number of rotatable bonds is 4. The van der Waals surface area contributed by atoms with Crippen molar-refractivity contribution in [2.75, 3.05) is 14.2 Å². The van der Waals surface area contributed by atoms with E-state index in [2.05, 4.69) is 43.3 Å². The van der Waals surface area contributed by atoms with E-state index in [1.165, 1.54) is 16.0 Å². The summed E-state index contributed by atoms with van der Waals surface area (Å²) in [7, 11) is 3.42. The fourth-order valence-electron chi connectivity index (χ4n) is 3.37. The van der Waals surface area contributed by atoms with Crippen LogP contribution in [0.5, 0.6) is 0 Å². The van der Waals surface area contributed by atoms with Gasteiger partial charge in [0.2, 0.25) is 5.79 Å². The lowest BCUT2D eigenvalue weighted by Gasteiger charge is -2.34. The first-order valence-electron chi connectivity index (χ1n) is 7.69. The Balaban J connectivity index is 2.37. The average Bonchev–Trinajstić information content (AvgIpc) is 2.59. The molecule has 0 saturated carbocycles. The van der Waals surface area contributed by atoms with Gasteiger partial charge in [-0.2, -0.15) is 0 Å². The maximum Gasteiger partial charge on any atom is 0.222 e. The third-order valence-corrected chi connectivity index (χ3v) is 4.42. The van der Waals surface area contributed by atoms with E-state index in [-0.39, 0.29) is 0 Å². The van der Waals surface area contributed by atoms with E-state index >= 15 is 0 Å². The van der Waals surface area contributed by atoms with Gasteiger partial charge in [-0.3, -0.25) is 0 Å². The zero-order valence-electron chi connectivity index (χ0n) is 13.4. The number of ether oxygens (including phenoxy) is 2. The van der Waals surface area contributed by atoms with Crippen molar-refractivity contribution in [3.05, 3.63) is 69.6 Å². The highest BCUT2D eigenvalue weighted by Gasteiger charge is 2.36. The summed E-state index contributed by atoms with van der Waals surface area (Å²) < 4.78 is 11.9. The molecule has 0 saturated heterocycles. The second-order valence-corrected chi connectivity index (χ2v) is 5.64. The summed E-state index contributed by atoms with van der Waals surface area (Å²) in [6.45, 7) is 2.12. The molecule has 0 aromatic heterocycles. The van der Waals surface area contributed by atoms with Crippen LogP contribution >= 0.6 is 0 Å². The molecule has 0 atom stereocenters. The van der Waals surface area contributed by atoms with Crippen LogP contribution in [0, 0.1) is 6.92 Å². The molecule has 0 fully saturated rings. The van der Waals surface area contributed by atoms with Gasteiger partial charge in [-0.15, -0.1) is 0 Å². The second-order valence-electron chi connectivity index (χ2n) is 5.64. The summed E-state index contributed by atoms with van der Waals surface area (Å²) in [5, 5.41) is 2.50. The van der Waals surface area contributed by atoms with Crippen molar-refractivity contribution in [3.8, 4) is 0 Å². The minimum Gasteiger partial charge on any atom is -0.346 e. The molecular weight excluding hydrogens is 272 g/mol. The molecule has 0 N–H and O–H groups in total. The molecule has 0 amide bonds. The first-order valence-corrected chi connectivity index (χ1v) is 7.69. The molecule has 3 rings (SSSR count). The highest BCUT2D eigenvalue weighted by molar-refractivity contribution is 5.48. The molecular formula is C20H22O2. The van der Waals surface area contributed by atoms with Crippen LogP contribution in [0.25, 0.3) is 12.2 Å². The third kappa shape index (κ3) is 2.29. The van der Waals surface area contributed by atoms with E-state index in [4.69, 9.17) is 9.47 Å². The Morgan fingerprint density at radius 1 is 0.864 bits per heavy atom. The third-order valence-electron chi connectivity index (χ3n) is 4.42. The van der Waals surface area contributed by atoms with Crippen molar-refractivity contribution >= 4 is 12.2 Å². The minimum absolute atomic E-state index is 0.877. The summed E-state index contributed by atoms with van der Waals surface area (Å²) in [5.41, 5.74) is 3.30. The molecule has 0 radical (unpaired) electrons. The predicted molar refractivity (Wildman–Crippen MR) is 89.8 cm³/mol. The number of methoxy groups -OCH3 is 2. The van der Waals surface area contributed by atoms with Gasteiger partial charge in [-0.25, -0.2) is 0 Å². The second kappa shape index (κ2) is 6.07. The lowest BCUT2D eigenvalue weighted by Crippen LogP contribution is -2.43. The Kier molecular flexibility index (Phi) is 4.14. The summed E-state index contributed by atoms with van der Waals surface area (Å²) in [6, 6.07) is 14.5. The van der Waals surface area contributed by atoms with Gasteiger partial charge in [-0.05, 0) is 35.8 Å². The van der Waals surface area contributed by atoms with Gasteiger partial charge in [0.05, 0.1) is 0 Å². The normalized spacial score (nSPS) is 14.0. The Labute approximate surface area is 131 Å². The highest BCUT2D eigenvalue weighted by atomic mass is 16.7. The molecule has 0 aliphatic heterocycles. The van der Waals surface area contributed by atoms with Gasteiger partial charge in [0.25, 0.3) is 0 Å². The van der Waals surface area contributed by atoms with Gasteiger partial charge in [0, 0.05) is 25.3 Å². The van der Waals surface area contributed by atoms with Crippen LogP contribution in [0.4, 0.5) is 0 Å². The summed E-state index contributed by atoms with van der Waals surface area (Å²) in [6.07, 6.45) is 6.74. The minimum atomic E-state index is -0.877. The fraction of sp³-hybridized carbons (Fsp3) is 0.300. The maximum absolute atomic E-state index is 5.95. The van der Waals surface area contributed by atoms with Gasteiger partial charge < -0.3 is 9.47 Å². The Morgan fingerprint density at radius 3 is 2.23 bits per heavy atom. The summed E-state index contributed by atoms with van der Waals surface area (Å²) >= 11 is 0. The average molecular weight is 294 g/mol. The first-order chi connectivity index (χ1) is 10.7. The number of fused-ring (bicyclic) bond motifs is 1. The molecule has 0 bridgehead atoms. The molecule has 22 heavy (non-hydrogen) atoms. The van der Waals surface area contributed by atoms with Crippen LogP contribution < -0.4 is 10.4 Å². The van der Waals surface area contributed by atoms with Crippen molar-refractivity contribution in [2.45, 2.75) is 25.6 Å².